The van der Waals surface area contributed by atoms with Crippen molar-refractivity contribution in [3.05, 3.63) is 58.9 Å². The van der Waals surface area contributed by atoms with Crippen LogP contribution in [-0.4, -0.2) is 45.7 Å². The molecule has 2 aromatic carbocycles. The van der Waals surface area contributed by atoms with Gasteiger partial charge >= 0.3 is 0 Å². The number of nitrogens with one attached hydrogen (secondary N) is 3. The molecule has 2 aromatic rings. The van der Waals surface area contributed by atoms with E-state index in [1.54, 1.807) is 7.11 Å². The largest absolute Gasteiger partial charge is 0.497 e. The zero-order chi connectivity index (χ0) is 19.2. The van der Waals surface area contributed by atoms with Crippen LogP contribution in [0.3, 0.4) is 0 Å². The number of methoxy groups -OCH3 is 1. The van der Waals surface area contributed by atoms with E-state index in [-0.39, 0.29) is 11.6 Å². The molecule has 0 aliphatic carbocycles. The van der Waals surface area contributed by atoms with Gasteiger partial charge in [-0.1, -0.05) is 11.6 Å². The minimum absolute atomic E-state index is 0.135. The molecule has 0 unspecified atom stereocenters. The number of hydrogen-bond donors (Lipinski definition) is 3. The molecule has 1 amide bonds. The van der Waals surface area contributed by atoms with Crippen LogP contribution < -0.4 is 19.9 Å². The van der Waals surface area contributed by atoms with Gasteiger partial charge in [0.25, 0.3) is 5.91 Å². The number of rotatable bonds is 6. The number of halogens is 2. The predicted octanol–water partition coefficient (Wildman–Crippen LogP) is 0.410. The molecule has 1 saturated heterocycles. The Kier molecular flexibility index (Phi) is 6.66. The van der Waals surface area contributed by atoms with Gasteiger partial charge in [0, 0.05) is 10.6 Å². The van der Waals surface area contributed by atoms with Crippen LogP contribution >= 0.6 is 11.6 Å². The average Bonchev–Trinajstić information content (AvgIpc) is 2.67. The molecule has 0 bridgehead atoms. The number of piperazine rings is 1. The lowest BCUT2D eigenvalue weighted by molar-refractivity contribution is -1.02. The molecule has 0 aromatic heterocycles. The van der Waals surface area contributed by atoms with Crippen molar-refractivity contribution in [1.82, 2.24) is 0 Å². The number of carbonyl (C=O) groups is 1. The standard InChI is InChI=1S/C20H23ClFN3O2/c1-27-17-5-2-15(3-6-17)13-24-8-10-25(11-9-24)14-20(26)23-19-12-16(21)4-7-18(19)22/h2-7,12H,8-11,13-14H2,1H3,(H,23,26)/p+2. The predicted molar refractivity (Wildman–Crippen MR) is 103 cm³/mol. The van der Waals surface area contributed by atoms with Crippen LogP contribution in [0, 0.1) is 5.82 Å². The van der Waals surface area contributed by atoms with Gasteiger partial charge in [-0.3, -0.25) is 4.79 Å². The monoisotopic (exact) mass is 393 g/mol. The molecular formula is C20H25ClFN3O2+2. The summed E-state index contributed by atoms with van der Waals surface area (Å²) in [5, 5.41) is 3.02. The summed E-state index contributed by atoms with van der Waals surface area (Å²) < 4.78 is 18.9. The minimum Gasteiger partial charge on any atom is -0.497 e. The topological polar surface area (TPSA) is 47.2 Å². The van der Waals surface area contributed by atoms with Crippen LogP contribution in [0.5, 0.6) is 5.75 Å². The number of quaternary nitrogens is 2. The summed E-state index contributed by atoms with van der Waals surface area (Å²) in [6.07, 6.45) is 0. The third kappa shape index (κ3) is 5.66. The highest BCUT2D eigenvalue weighted by Gasteiger charge is 2.25. The first kappa shape index (κ1) is 19.6. The van der Waals surface area contributed by atoms with E-state index in [1.165, 1.54) is 33.6 Å². The maximum atomic E-state index is 13.7. The van der Waals surface area contributed by atoms with Crippen molar-refractivity contribution in [2.24, 2.45) is 0 Å². The lowest BCUT2D eigenvalue weighted by Crippen LogP contribution is -3.28. The summed E-state index contributed by atoms with van der Waals surface area (Å²) >= 11 is 5.86. The number of amides is 1. The van der Waals surface area contributed by atoms with Gasteiger partial charge in [-0.15, -0.1) is 0 Å². The molecule has 0 saturated carbocycles. The van der Waals surface area contributed by atoms with Gasteiger partial charge in [0.1, 0.15) is 44.3 Å². The Morgan fingerprint density at radius 2 is 1.78 bits per heavy atom. The Bertz CT molecular complexity index is 777. The summed E-state index contributed by atoms with van der Waals surface area (Å²) in [6, 6.07) is 12.3. The lowest BCUT2D eigenvalue weighted by Gasteiger charge is -2.29. The lowest BCUT2D eigenvalue weighted by atomic mass is 10.2. The third-order valence-corrected chi connectivity index (χ3v) is 5.13. The molecule has 5 nitrogen and oxygen atoms in total. The Balaban J connectivity index is 1.44. The van der Waals surface area contributed by atoms with Crippen LogP contribution in [0.2, 0.25) is 5.02 Å². The Morgan fingerprint density at radius 3 is 2.44 bits per heavy atom. The first-order chi connectivity index (χ1) is 13.0. The molecule has 3 N–H and O–H groups in total. The summed E-state index contributed by atoms with van der Waals surface area (Å²) in [5.41, 5.74) is 1.42. The fourth-order valence-electron chi connectivity index (χ4n) is 3.36. The second-order valence-electron chi connectivity index (χ2n) is 6.87. The maximum Gasteiger partial charge on any atom is 0.279 e. The van der Waals surface area contributed by atoms with Crippen molar-refractivity contribution < 1.29 is 23.7 Å². The average molecular weight is 394 g/mol. The normalized spacial score (nSPS) is 19.5. The molecule has 3 rings (SSSR count). The SMILES string of the molecule is COc1ccc(C[NH+]2CC[NH+](CC(=O)Nc3cc(Cl)ccc3F)CC2)cc1. The summed E-state index contributed by atoms with van der Waals surface area (Å²) in [7, 11) is 1.67. The first-order valence-electron chi connectivity index (χ1n) is 9.08. The Morgan fingerprint density at radius 1 is 1.11 bits per heavy atom. The Labute approximate surface area is 163 Å². The first-order valence-corrected chi connectivity index (χ1v) is 9.46. The van der Waals surface area contributed by atoms with Gasteiger partial charge in [-0.05, 0) is 42.5 Å². The molecule has 1 fully saturated rings. The summed E-state index contributed by atoms with van der Waals surface area (Å²) in [4.78, 5) is 14.9. The second kappa shape index (κ2) is 9.17. The minimum atomic E-state index is -0.475. The van der Waals surface area contributed by atoms with Crippen molar-refractivity contribution in [2.45, 2.75) is 6.54 Å². The molecule has 27 heavy (non-hydrogen) atoms. The van der Waals surface area contributed by atoms with Gasteiger partial charge in [-0.25, -0.2) is 4.39 Å². The zero-order valence-electron chi connectivity index (χ0n) is 15.4. The smallest absolute Gasteiger partial charge is 0.279 e. The number of hydrogen-bond acceptors (Lipinski definition) is 2. The molecule has 1 aliphatic rings. The molecule has 144 valence electrons. The van der Waals surface area contributed by atoms with E-state index in [0.717, 1.165) is 38.5 Å². The second-order valence-corrected chi connectivity index (χ2v) is 7.31. The number of benzene rings is 2. The number of carbonyl (C=O) groups excluding carboxylic acids is 1. The van der Waals surface area contributed by atoms with Crippen LogP contribution in [0.1, 0.15) is 5.56 Å². The van der Waals surface area contributed by atoms with Gasteiger partial charge < -0.3 is 19.9 Å². The maximum absolute atomic E-state index is 13.7. The van der Waals surface area contributed by atoms with E-state index in [4.69, 9.17) is 16.3 Å². The van der Waals surface area contributed by atoms with Crippen molar-refractivity contribution in [1.29, 1.82) is 0 Å². The van der Waals surface area contributed by atoms with Gasteiger partial charge in [-0.2, -0.15) is 0 Å². The van der Waals surface area contributed by atoms with Crippen molar-refractivity contribution in [3.8, 4) is 5.75 Å². The van der Waals surface area contributed by atoms with Crippen LogP contribution in [-0.2, 0) is 11.3 Å². The van der Waals surface area contributed by atoms with E-state index in [0.29, 0.717) is 11.6 Å². The third-order valence-electron chi connectivity index (χ3n) is 4.89. The molecule has 1 heterocycles. The van der Waals surface area contributed by atoms with Crippen LogP contribution in [0.15, 0.2) is 42.5 Å². The van der Waals surface area contributed by atoms with E-state index in [1.807, 2.05) is 12.1 Å². The number of ether oxygens (including phenoxy) is 1. The van der Waals surface area contributed by atoms with Crippen LogP contribution in [0.4, 0.5) is 10.1 Å². The highest BCUT2D eigenvalue weighted by atomic mass is 35.5. The molecule has 0 atom stereocenters. The Hall–Kier alpha value is -2.15. The van der Waals surface area contributed by atoms with Gasteiger partial charge in [0.05, 0.1) is 12.8 Å². The van der Waals surface area contributed by atoms with E-state index >= 15 is 0 Å². The van der Waals surface area contributed by atoms with Crippen molar-refractivity contribution in [2.75, 3.05) is 45.2 Å². The highest BCUT2D eigenvalue weighted by molar-refractivity contribution is 6.30. The summed E-state index contributed by atoms with van der Waals surface area (Å²) in [6.45, 7) is 5.13. The number of anilines is 1. The van der Waals surface area contributed by atoms with E-state index in [9.17, 15) is 9.18 Å². The fraction of sp³-hybridized carbons (Fsp3) is 0.350. The van der Waals surface area contributed by atoms with Crippen molar-refractivity contribution >= 4 is 23.2 Å². The van der Waals surface area contributed by atoms with E-state index < -0.39 is 5.82 Å². The highest BCUT2D eigenvalue weighted by Crippen LogP contribution is 2.19. The molecular weight excluding hydrogens is 369 g/mol. The fourth-order valence-corrected chi connectivity index (χ4v) is 3.53. The molecule has 7 heteroatoms. The van der Waals surface area contributed by atoms with Gasteiger partial charge in [0.15, 0.2) is 6.54 Å². The molecule has 1 aliphatic heterocycles. The van der Waals surface area contributed by atoms with E-state index in [2.05, 4.69) is 17.4 Å². The van der Waals surface area contributed by atoms with Gasteiger partial charge in [0.2, 0.25) is 0 Å². The van der Waals surface area contributed by atoms with Crippen LogP contribution in [0.25, 0.3) is 0 Å². The van der Waals surface area contributed by atoms with Crippen molar-refractivity contribution in [3.63, 3.8) is 0 Å². The summed E-state index contributed by atoms with van der Waals surface area (Å²) in [5.74, 6) is 0.200. The zero-order valence-corrected chi connectivity index (χ0v) is 16.1. The molecule has 0 radical (unpaired) electrons. The quantitative estimate of drug-likeness (QED) is 0.666. The molecule has 0 spiro atoms.